The van der Waals surface area contributed by atoms with Gasteiger partial charge < -0.3 is 5.11 Å². The van der Waals surface area contributed by atoms with Crippen molar-refractivity contribution in [3.8, 4) is 0 Å². The summed E-state index contributed by atoms with van der Waals surface area (Å²) < 4.78 is 0. The van der Waals surface area contributed by atoms with Gasteiger partial charge in [-0.15, -0.1) is 0 Å². The number of hydrogen-bond acceptors (Lipinski definition) is 2. The van der Waals surface area contributed by atoms with Gasteiger partial charge in [0.05, 0.1) is 0 Å². The fraction of sp³-hybridized carbons (Fsp3) is 0.571. The average molecular weight is 126 g/mol. The predicted octanol–water partition coefficient (Wildman–Crippen LogP) is 1.13. The second kappa shape index (κ2) is 2.99. The highest BCUT2D eigenvalue weighted by Gasteiger charge is 2.17. The van der Waals surface area contributed by atoms with Crippen LogP contribution in [0.2, 0.25) is 0 Å². The van der Waals surface area contributed by atoms with Gasteiger partial charge in [0.2, 0.25) is 0 Å². The first-order valence-corrected chi connectivity index (χ1v) is 3.28. The number of hydrogen-bond donors (Lipinski definition) is 1. The fourth-order valence-electron chi connectivity index (χ4n) is 1.08. The van der Waals surface area contributed by atoms with Crippen LogP contribution in [0.25, 0.3) is 0 Å². The number of aliphatic hydroxyl groups excluding tert-OH is 1. The van der Waals surface area contributed by atoms with Gasteiger partial charge in [0.15, 0.2) is 6.23 Å². The van der Waals surface area contributed by atoms with Gasteiger partial charge in [-0.3, -0.25) is 4.90 Å². The maximum Gasteiger partial charge on any atom is 0.184 e. The summed E-state index contributed by atoms with van der Waals surface area (Å²) in [7, 11) is 0. The Kier molecular flexibility index (Phi) is 2.25. The quantitative estimate of drug-likeness (QED) is 0.599. The number of nitrogens with zero attached hydrogens (tertiary/aromatic N) is 1. The van der Waals surface area contributed by atoms with Crippen molar-refractivity contribution in [2.24, 2.45) is 0 Å². The zero-order valence-electron chi connectivity index (χ0n) is 5.51. The van der Waals surface area contributed by atoms with Gasteiger partial charge in [0.1, 0.15) is 0 Å². The van der Waals surface area contributed by atoms with Crippen molar-refractivity contribution in [3.05, 3.63) is 18.9 Å². The van der Waals surface area contributed by atoms with E-state index in [0.29, 0.717) is 6.23 Å². The monoisotopic (exact) mass is 126 g/mol. The van der Waals surface area contributed by atoms with Gasteiger partial charge in [-0.05, 0) is 18.9 Å². The molecule has 0 aromatic rings. The summed E-state index contributed by atoms with van der Waals surface area (Å²) in [5.41, 5.74) is 0. The van der Waals surface area contributed by atoms with Crippen molar-refractivity contribution in [2.45, 2.75) is 12.8 Å². The van der Waals surface area contributed by atoms with Gasteiger partial charge in [0, 0.05) is 13.1 Å². The lowest BCUT2D eigenvalue weighted by Gasteiger charge is -2.16. The van der Waals surface area contributed by atoms with E-state index in [1.54, 1.807) is 0 Å². The normalized spacial score (nSPS) is 21.1. The van der Waals surface area contributed by atoms with Crippen molar-refractivity contribution in [1.29, 1.82) is 0 Å². The Morgan fingerprint density at radius 1 is 1.44 bits per heavy atom. The topological polar surface area (TPSA) is 23.5 Å². The zero-order chi connectivity index (χ0) is 6.69. The summed E-state index contributed by atoms with van der Waals surface area (Å²) in [4.78, 5) is 1.94. The summed E-state index contributed by atoms with van der Waals surface area (Å²) in [6, 6.07) is 0. The molecule has 0 amide bonds. The summed E-state index contributed by atoms with van der Waals surface area (Å²) in [5, 5.41) is 9.08. The molecule has 1 fully saturated rings. The van der Waals surface area contributed by atoms with E-state index in [0.717, 1.165) is 13.1 Å². The zero-order valence-corrected chi connectivity index (χ0v) is 5.51. The van der Waals surface area contributed by atoms with Crippen LogP contribution in [0.1, 0.15) is 12.8 Å². The summed E-state index contributed by atoms with van der Waals surface area (Å²) in [6.07, 6.45) is 4.20. The van der Waals surface area contributed by atoms with E-state index in [1.165, 1.54) is 18.9 Å². The molecule has 0 bridgehead atoms. The highest BCUT2D eigenvalue weighted by Crippen LogP contribution is 2.14. The van der Waals surface area contributed by atoms with Crippen LogP contribution < -0.4 is 0 Å². The predicted molar refractivity (Wildman–Crippen MR) is 36.2 cm³/mol. The minimum absolute atomic E-state index is 0.326. The third-order valence-corrected chi connectivity index (χ3v) is 1.61. The molecule has 1 rings (SSSR count). The molecule has 0 aliphatic carbocycles. The van der Waals surface area contributed by atoms with Crippen molar-refractivity contribution < 1.29 is 5.11 Å². The summed E-state index contributed by atoms with van der Waals surface area (Å²) in [5.74, 6) is 0. The van der Waals surface area contributed by atoms with Gasteiger partial charge >= 0.3 is 0 Å². The lowest BCUT2D eigenvalue weighted by Crippen LogP contribution is -2.23. The largest absolute Gasteiger partial charge is 0.368 e. The lowest BCUT2D eigenvalue weighted by atomic mass is 10.4. The van der Waals surface area contributed by atoms with Crippen molar-refractivity contribution in [1.82, 2.24) is 4.90 Å². The van der Waals surface area contributed by atoms with Gasteiger partial charge in [-0.2, -0.15) is 0 Å². The number of likely N-dealkylation sites (tertiary alicyclic amines) is 1. The molecule has 1 aliphatic heterocycles. The van der Waals surface area contributed by atoms with Crippen LogP contribution in [0.3, 0.4) is 0 Å². The van der Waals surface area contributed by atoms with E-state index >= 15 is 0 Å². The average Bonchev–Trinajstić information content (AvgIpc) is 2.37. The molecule has 0 unspecified atom stereocenters. The van der Waals surface area contributed by atoms with E-state index in [1.807, 2.05) is 4.90 Å². The molecule has 1 aliphatic rings. The van der Waals surface area contributed by atoms with E-state index in [4.69, 9.17) is 5.11 Å². The molecule has 0 aromatic carbocycles. The van der Waals surface area contributed by atoms with E-state index in [9.17, 15) is 0 Å². The second-order valence-corrected chi connectivity index (χ2v) is 2.26. The third-order valence-electron chi connectivity index (χ3n) is 1.61. The Balaban J connectivity index is 2.32. The third kappa shape index (κ3) is 1.53. The molecular formula is C7H12NO. The second-order valence-electron chi connectivity index (χ2n) is 2.26. The smallest absolute Gasteiger partial charge is 0.184 e. The van der Waals surface area contributed by atoms with Crippen LogP contribution >= 0.6 is 0 Å². The fourth-order valence-corrected chi connectivity index (χ4v) is 1.08. The van der Waals surface area contributed by atoms with Crippen LogP contribution in [-0.2, 0) is 0 Å². The Morgan fingerprint density at radius 3 is 2.44 bits per heavy atom. The molecule has 0 atom stereocenters. The first kappa shape index (κ1) is 6.78. The molecule has 51 valence electrons. The van der Waals surface area contributed by atoms with Crippen molar-refractivity contribution in [2.75, 3.05) is 13.1 Å². The number of rotatable bonds is 2. The summed E-state index contributed by atoms with van der Waals surface area (Å²) in [6.45, 7) is 5.44. The Morgan fingerprint density at radius 2 is 2.00 bits per heavy atom. The van der Waals surface area contributed by atoms with Gasteiger partial charge in [-0.1, -0.05) is 6.58 Å². The lowest BCUT2D eigenvalue weighted by molar-refractivity contribution is 0.165. The Hall–Kier alpha value is -0.340. The molecule has 2 heteroatoms. The molecule has 2 nitrogen and oxygen atoms in total. The maximum atomic E-state index is 9.08. The standard InChI is InChI=1S/C7H12NO/c1-2-7(9)8-5-3-4-6-8/h2,9H,1,3-6H2. The Bertz CT molecular complexity index is 97.1. The molecule has 1 radical (unpaired) electrons. The maximum absolute atomic E-state index is 9.08. The molecule has 1 heterocycles. The Labute approximate surface area is 55.8 Å². The van der Waals surface area contributed by atoms with Crippen molar-refractivity contribution in [3.63, 3.8) is 0 Å². The molecule has 0 saturated carbocycles. The van der Waals surface area contributed by atoms with Crippen LogP contribution in [0.4, 0.5) is 0 Å². The molecule has 0 aromatic heterocycles. The number of aliphatic hydroxyl groups is 1. The van der Waals surface area contributed by atoms with Crippen LogP contribution in [0.15, 0.2) is 12.7 Å². The van der Waals surface area contributed by atoms with Crippen LogP contribution in [0.5, 0.6) is 0 Å². The molecular weight excluding hydrogens is 114 g/mol. The summed E-state index contributed by atoms with van der Waals surface area (Å²) >= 11 is 0. The van der Waals surface area contributed by atoms with Gasteiger partial charge in [-0.25, -0.2) is 0 Å². The van der Waals surface area contributed by atoms with E-state index in [2.05, 4.69) is 6.58 Å². The minimum atomic E-state index is 0.326. The first-order chi connectivity index (χ1) is 4.34. The molecule has 1 N–H and O–H groups in total. The van der Waals surface area contributed by atoms with Crippen LogP contribution in [-0.4, -0.2) is 23.1 Å². The molecule has 0 spiro atoms. The van der Waals surface area contributed by atoms with Crippen LogP contribution in [0, 0.1) is 6.23 Å². The highest BCUT2D eigenvalue weighted by atomic mass is 16.3. The molecule has 1 saturated heterocycles. The van der Waals surface area contributed by atoms with Crippen molar-refractivity contribution >= 4 is 0 Å². The molecule has 9 heavy (non-hydrogen) atoms. The van der Waals surface area contributed by atoms with E-state index in [-0.39, 0.29) is 0 Å². The van der Waals surface area contributed by atoms with Gasteiger partial charge in [0.25, 0.3) is 0 Å². The van der Waals surface area contributed by atoms with E-state index < -0.39 is 0 Å². The highest BCUT2D eigenvalue weighted by molar-refractivity contribution is 4.96. The SMILES string of the molecule is C=C[C](O)N1CCCC1. The minimum Gasteiger partial charge on any atom is -0.368 e. The first-order valence-electron chi connectivity index (χ1n) is 3.28.